The number of benzene rings is 2. The number of unbranched alkanes of at least 4 members (excludes halogenated alkanes) is 1. The molecular weight excluding hydrogens is 538 g/mol. The highest BCUT2D eigenvalue weighted by Gasteiger charge is 2.38. The molecule has 1 amide bonds. The zero-order valence-electron chi connectivity index (χ0n) is 21.5. The largest absolute Gasteiger partial charge is 0.416 e. The van der Waals surface area contributed by atoms with Crippen molar-refractivity contribution >= 4 is 29.1 Å². The first-order valence-corrected chi connectivity index (χ1v) is 13.8. The monoisotopic (exact) mass is 571 g/mol. The molecule has 0 aromatic heterocycles. The van der Waals surface area contributed by atoms with Gasteiger partial charge in [0.2, 0.25) is 5.91 Å². The van der Waals surface area contributed by atoms with Crippen LogP contribution in [-0.4, -0.2) is 79.6 Å². The molecular formula is C28H34Cl2F3N3O2. The fraction of sp³-hybridized carbons (Fsp3) is 0.536. The van der Waals surface area contributed by atoms with Crippen LogP contribution in [0.25, 0.3) is 0 Å². The highest BCUT2D eigenvalue weighted by molar-refractivity contribution is 6.42. The first-order chi connectivity index (χ1) is 18.1. The molecule has 2 atom stereocenters. The number of halogens is 5. The molecule has 0 aliphatic carbocycles. The Labute approximate surface area is 232 Å². The van der Waals surface area contributed by atoms with Gasteiger partial charge in [0.1, 0.15) is 0 Å². The minimum absolute atomic E-state index is 0.00140. The lowest BCUT2D eigenvalue weighted by molar-refractivity contribution is -0.137. The van der Waals surface area contributed by atoms with Gasteiger partial charge in [0.25, 0.3) is 0 Å². The molecule has 2 saturated heterocycles. The van der Waals surface area contributed by atoms with Crippen LogP contribution in [0.2, 0.25) is 10.0 Å². The van der Waals surface area contributed by atoms with Crippen molar-refractivity contribution < 1.29 is 22.7 Å². The number of carbonyl (C=O) groups excluding carboxylic acids is 1. The standard InChI is InChI=1S/C28H34Cl2F3N3O2/c1-34(17-20-5-8-22(9-6-20)28(31,32)33)26-19-36(18-23(26)21-7-10-24(29)25(30)16-21)27(37)4-2-3-11-35-12-14-38-15-13-35/h5-10,16,23,26H,2-4,11-15,17-19H2,1H3. The van der Waals surface area contributed by atoms with Gasteiger partial charge in [-0.15, -0.1) is 0 Å². The summed E-state index contributed by atoms with van der Waals surface area (Å²) in [7, 11) is 1.95. The number of morpholine rings is 1. The summed E-state index contributed by atoms with van der Waals surface area (Å²) >= 11 is 12.5. The van der Waals surface area contributed by atoms with Crippen LogP contribution in [0, 0.1) is 0 Å². The molecule has 2 fully saturated rings. The maximum absolute atomic E-state index is 13.2. The summed E-state index contributed by atoms with van der Waals surface area (Å²) in [5.74, 6) is 0.129. The average Bonchev–Trinajstić information content (AvgIpc) is 3.34. The Morgan fingerprint density at radius 1 is 1.03 bits per heavy atom. The molecule has 38 heavy (non-hydrogen) atoms. The second-order valence-electron chi connectivity index (χ2n) is 10.2. The Morgan fingerprint density at radius 2 is 1.74 bits per heavy atom. The fourth-order valence-electron chi connectivity index (χ4n) is 5.31. The van der Waals surface area contributed by atoms with Crippen LogP contribution in [-0.2, 0) is 22.3 Å². The fourth-order valence-corrected chi connectivity index (χ4v) is 5.61. The Kier molecular flexibility index (Phi) is 9.98. The number of ether oxygens (including phenoxy) is 1. The van der Waals surface area contributed by atoms with Crippen LogP contribution >= 0.6 is 23.2 Å². The van der Waals surface area contributed by atoms with Crippen molar-refractivity contribution in [3.63, 3.8) is 0 Å². The SMILES string of the molecule is CN(Cc1ccc(C(F)(F)F)cc1)C1CN(C(=O)CCCCN2CCOCC2)CC1c1ccc(Cl)c(Cl)c1. The number of rotatable bonds is 9. The van der Waals surface area contributed by atoms with Gasteiger partial charge < -0.3 is 9.64 Å². The molecule has 0 N–H and O–H groups in total. The van der Waals surface area contributed by atoms with E-state index in [1.54, 1.807) is 6.07 Å². The molecule has 2 aromatic rings. The molecule has 0 radical (unpaired) electrons. The summed E-state index contributed by atoms with van der Waals surface area (Å²) in [6.45, 7) is 5.96. The third kappa shape index (κ3) is 7.63. The highest BCUT2D eigenvalue weighted by Crippen LogP contribution is 2.35. The number of nitrogens with zero attached hydrogens (tertiary/aromatic N) is 3. The molecule has 5 nitrogen and oxygen atoms in total. The van der Waals surface area contributed by atoms with Gasteiger partial charge in [-0.2, -0.15) is 13.2 Å². The molecule has 0 spiro atoms. The van der Waals surface area contributed by atoms with Gasteiger partial charge >= 0.3 is 6.18 Å². The van der Waals surface area contributed by atoms with Gasteiger partial charge in [-0.25, -0.2) is 0 Å². The molecule has 2 aliphatic rings. The van der Waals surface area contributed by atoms with Gasteiger partial charge in [0.15, 0.2) is 0 Å². The van der Waals surface area contributed by atoms with Crippen molar-refractivity contribution in [3.8, 4) is 0 Å². The Hall–Kier alpha value is -1.84. The smallest absolute Gasteiger partial charge is 0.379 e. The molecule has 0 saturated carbocycles. The molecule has 2 heterocycles. The number of carbonyl (C=O) groups is 1. The topological polar surface area (TPSA) is 36.0 Å². The summed E-state index contributed by atoms with van der Waals surface area (Å²) in [5, 5.41) is 0.928. The van der Waals surface area contributed by atoms with E-state index in [0.717, 1.165) is 68.9 Å². The molecule has 2 aliphatic heterocycles. The van der Waals surface area contributed by atoms with Crippen LogP contribution in [0.15, 0.2) is 42.5 Å². The molecule has 10 heteroatoms. The van der Waals surface area contributed by atoms with E-state index in [1.165, 1.54) is 12.1 Å². The van der Waals surface area contributed by atoms with Crippen LogP contribution in [0.1, 0.15) is 41.9 Å². The van der Waals surface area contributed by atoms with E-state index >= 15 is 0 Å². The lowest BCUT2D eigenvalue weighted by atomic mass is 9.93. The normalized spacial score (nSPS) is 20.9. The Morgan fingerprint density at radius 3 is 2.39 bits per heavy atom. The number of alkyl halides is 3. The number of likely N-dealkylation sites (N-methyl/N-ethyl adjacent to an activating group) is 1. The molecule has 2 aromatic carbocycles. The zero-order chi connectivity index (χ0) is 27.3. The summed E-state index contributed by atoms with van der Waals surface area (Å²) in [4.78, 5) is 19.6. The Bertz CT molecular complexity index is 1080. The van der Waals surface area contributed by atoms with E-state index in [9.17, 15) is 18.0 Å². The van der Waals surface area contributed by atoms with Gasteiger partial charge in [-0.1, -0.05) is 41.4 Å². The maximum Gasteiger partial charge on any atom is 0.416 e. The second-order valence-corrected chi connectivity index (χ2v) is 11.0. The first kappa shape index (κ1) is 29.2. The van der Waals surface area contributed by atoms with Crippen LogP contribution in [0.3, 0.4) is 0 Å². The number of likely N-dealkylation sites (tertiary alicyclic amines) is 1. The van der Waals surface area contributed by atoms with Crippen molar-refractivity contribution in [3.05, 3.63) is 69.2 Å². The molecule has 0 bridgehead atoms. The van der Waals surface area contributed by atoms with E-state index in [-0.39, 0.29) is 17.9 Å². The lowest BCUT2D eigenvalue weighted by Crippen LogP contribution is -2.38. The minimum atomic E-state index is -4.36. The summed E-state index contributed by atoms with van der Waals surface area (Å²) < 4.78 is 44.3. The molecule has 208 valence electrons. The zero-order valence-corrected chi connectivity index (χ0v) is 23.0. The molecule has 2 unspecified atom stereocenters. The number of hydrogen-bond acceptors (Lipinski definition) is 4. The van der Waals surface area contributed by atoms with Gasteiger partial charge in [-0.05, 0) is 61.8 Å². The predicted octanol–water partition coefficient (Wildman–Crippen LogP) is 5.94. The van der Waals surface area contributed by atoms with E-state index in [4.69, 9.17) is 27.9 Å². The lowest BCUT2D eigenvalue weighted by Gasteiger charge is -2.29. The van der Waals surface area contributed by atoms with Crippen molar-refractivity contribution in [2.75, 3.05) is 53.0 Å². The van der Waals surface area contributed by atoms with Crippen molar-refractivity contribution in [1.29, 1.82) is 0 Å². The summed E-state index contributed by atoms with van der Waals surface area (Å²) in [5.41, 5.74) is 1.11. The van der Waals surface area contributed by atoms with Crippen LogP contribution < -0.4 is 0 Å². The summed E-state index contributed by atoms with van der Waals surface area (Å²) in [6, 6.07) is 10.8. The number of hydrogen-bond donors (Lipinski definition) is 0. The highest BCUT2D eigenvalue weighted by atomic mass is 35.5. The van der Waals surface area contributed by atoms with E-state index in [0.29, 0.717) is 36.1 Å². The van der Waals surface area contributed by atoms with Gasteiger partial charge in [0.05, 0.1) is 28.8 Å². The molecule has 4 rings (SSSR count). The van der Waals surface area contributed by atoms with Crippen LogP contribution in [0.5, 0.6) is 0 Å². The number of amides is 1. The predicted molar refractivity (Wildman–Crippen MR) is 144 cm³/mol. The van der Waals surface area contributed by atoms with E-state index < -0.39 is 11.7 Å². The van der Waals surface area contributed by atoms with Crippen LogP contribution in [0.4, 0.5) is 13.2 Å². The van der Waals surface area contributed by atoms with Crippen molar-refractivity contribution in [1.82, 2.24) is 14.7 Å². The quantitative estimate of drug-likeness (QED) is 0.349. The van der Waals surface area contributed by atoms with Gasteiger partial charge in [-0.3, -0.25) is 14.6 Å². The van der Waals surface area contributed by atoms with E-state index in [1.807, 2.05) is 24.1 Å². The second kappa shape index (κ2) is 13.0. The summed E-state index contributed by atoms with van der Waals surface area (Å²) in [6.07, 6.45) is -2.07. The first-order valence-electron chi connectivity index (χ1n) is 13.0. The third-order valence-corrected chi connectivity index (χ3v) is 8.25. The Balaban J connectivity index is 1.41. The van der Waals surface area contributed by atoms with Crippen molar-refractivity contribution in [2.45, 2.75) is 43.9 Å². The maximum atomic E-state index is 13.2. The average molecular weight is 572 g/mol. The minimum Gasteiger partial charge on any atom is -0.379 e. The van der Waals surface area contributed by atoms with Gasteiger partial charge in [0, 0.05) is 51.1 Å². The van der Waals surface area contributed by atoms with Crippen molar-refractivity contribution in [2.24, 2.45) is 0 Å². The third-order valence-electron chi connectivity index (χ3n) is 7.51. The van der Waals surface area contributed by atoms with E-state index in [2.05, 4.69) is 9.80 Å².